The van der Waals surface area contributed by atoms with E-state index in [2.05, 4.69) is 27.9 Å². The number of hydrogen-bond acceptors (Lipinski definition) is 8. The predicted molar refractivity (Wildman–Crippen MR) is 185 cm³/mol. The number of nitrogens with two attached hydrogens (primary N) is 2. The first kappa shape index (κ1) is 40.4. The van der Waals surface area contributed by atoms with Gasteiger partial charge in [-0.3, -0.25) is 19.2 Å². The molecule has 0 saturated carbocycles. The summed E-state index contributed by atoms with van der Waals surface area (Å²) in [6, 6.07) is 5.65. The lowest BCUT2D eigenvalue weighted by atomic mass is 9.90. The van der Waals surface area contributed by atoms with Crippen LogP contribution >= 0.6 is 0 Å². The minimum absolute atomic E-state index is 0.0401. The molecule has 2 aromatic rings. The molecule has 1 heterocycles. The molecule has 0 unspecified atom stereocenters. The zero-order valence-electron chi connectivity index (χ0n) is 28.3. The zero-order chi connectivity index (χ0) is 35.3. The Kier molecular flexibility index (Phi) is 19.1. The average Bonchev–Trinajstić information content (AvgIpc) is 3.46. The van der Waals surface area contributed by atoms with E-state index in [0.29, 0.717) is 19.5 Å². The molecule has 1 aromatic carbocycles. The highest BCUT2D eigenvalue weighted by atomic mass is 16.4. The van der Waals surface area contributed by atoms with Crippen molar-refractivity contribution in [1.29, 1.82) is 0 Å². The van der Waals surface area contributed by atoms with Gasteiger partial charge in [-0.05, 0) is 50.3 Å². The highest BCUT2D eigenvalue weighted by Crippen LogP contribution is 2.23. The van der Waals surface area contributed by atoms with Crippen molar-refractivity contribution in [1.82, 2.24) is 20.9 Å². The number of aromatic amines is 1. The van der Waals surface area contributed by atoms with Gasteiger partial charge in [-0.2, -0.15) is 0 Å². The fourth-order valence-electron chi connectivity index (χ4n) is 5.62. The van der Waals surface area contributed by atoms with Crippen molar-refractivity contribution in [3.8, 4) is 0 Å². The number of para-hydroxylation sites is 1. The van der Waals surface area contributed by atoms with Crippen molar-refractivity contribution in [3.63, 3.8) is 0 Å². The van der Waals surface area contributed by atoms with Crippen molar-refractivity contribution in [3.05, 3.63) is 36.0 Å². The first-order valence-electron chi connectivity index (χ1n) is 17.3. The largest absolute Gasteiger partial charge is 0.481 e. The summed E-state index contributed by atoms with van der Waals surface area (Å²) >= 11 is 0. The Labute approximate surface area is 283 Å². The fourth-order valence-corrected chi connectivity index (χ4v) is 5.62. The number of aliphatic carboxylic acids is 2. The van der Waals surface area contributed by atoms with Crippen LogP contribution in [0, 0.1) is 5.92 Å². The number of carboxylic acids is 2. The maximum absolute atomic E-state index is 13.4. The summed E-state index contributed by atoms with van der Waals surface area (Å²) in [4.78, 5) is 64.3. The van der Waals surface area contributed by atoms with Gasteiger partial charge in [0.2, 0.25) is 11.8 Å². The molecule has 0 aliphatic rings. The van der Waals surface area contributed by atoms with Gasteiger partial charge in [0.1, 0.15) is 11.8 Å². The SMILES string of the molecule is CCCCCCCC[C@H](N)CNCC[C@H](N)C(=O)C[C@H](Cc1c[nH]c2ccccc12)C(=O)NCC[C@@H](NC(=O)CCCC(=O)O)C(=O)O. The van der Waals surface area contributed by atoms with Crippen LogP contribution in [0.2, 0.25) is 0 Å². The second-order valence-corrected chi connectivity index (χ2v) is 12.6. The number of rotatable bonds is 27. The van der Waals surface area contributed by atoms with Crippen LogP contribution in [0.15, 0.2) is 30.5 Å². The van der Waals surface area contributed by atoms with E-state index in [0.717, 1.165) is 29.3 Å². The summed E-state index contributed by atoms with van der Waals surface area (Å²) in [6.07, 6.45) is 10.3. The highest BCUT2D eigenvalue weighted by molar-refractivity contribution is 5.91. The molecule has 13 nitrogen and oxygen atoms in total. The molecule has 1 aromatic heterocycles. The molecule has 10 N–H and O–H groups in total. The van der Waals surface area contributed by atoms with Crippen molar-refractivity contribution in [2.75, 3.05) is 19.6 Å². The maximum atomic E-state index is 13.4. The number of Topliss-reactive ketones (excluding diaryl/α,β-unsaturated/α-hetero) is 1. The molecule has 0 spiro atoms. The molecule has 268 valence electrons. The van der Waals surface area contributed by atoms with E-state index in [-0.39, 0.29) is 56.9 Å². The number of H-pyrrole nitrogens is 1. The Bertz CT molecular complexity index is 1300. The molecule has 2 amide bonds. The fraction of sp³-hybridized carbons (Fsp3) is 0.629. The molecular weight excluding hydrogens is 616 g/mol. The van der Waals surface area contributed by atoms with Gasteiger partial charge in [0, 0.05) is 61.4 Å². The molecule has 4 atom stereocenters. The zero-order valence-corrected chi connectivity index (χ0v) is 28.3. The van der Waals surface area contributed by atoms with Crippen LogP contribution in [0.1, 0.15) is 96.0 Å². The number of carbonyl (C=O) groups excluding carboxylic acids is 3. The standard InChI is InChI=1S/C35H56N6O7/c1-2-3-4-5-6-7-11-26(36)23-38-18-16-28(37)31(42)21-24(20-25-22-40-29-13-9-8-12-27(25)29)34(46)39-19-17-30(35(47)48)41-32(43)14-10-15-33(44)45/h8-9,12-13,22,24,26,28,30,38,40H,2-7,10-11,14-21,23,36-37H2,1H3,(H,39,46)(H,41,43)(H,44,45)(H,47,48)/t24-,26-,28-,30+/m0/s1. The minimum Gasteiger partial charge on any atom is -0.481 e. The molecule has 0 fully saturated rings. The Morgan fingerprint density at radius 1 is 0.875 bits per heavy atom. The molecule has 0 saturated heterocycles. The number of fused-ring (bicyclic) bond motifs is 1. The number of aromatic nitrogens is 1. The molecule has 0 radical (unpaired) electrons. The van der Waals surface area contributed by atoms with Crippen LogP contribution in [-0.4, -0.2) is 82.5 Å². The number of carbonyl (C=O) groups is 5. The Morgan fingerprint density at radius 2 is 1.60 bits per heavy atom. The van der Waals surface area contributed by atoms with E-state index < -0.39 is 41.8 Å². The van der Waals surface area contributed by atoms with Crippen LogP contribution < -0.4 is 27.4 Å². The van der Waals surface area contributed by atoms with Crippen molar-refractivity contribution in [2.45, 2.75) is 115 Å². The topological polar surface area (TPSA) is 230 Å². The second kappa shape index (κ2) is 22.7. The van der Waals surface area contributed by atoms with E-state index in [1.807, 2.05) is 30.5 Å². The minimum atomic E-state index is -1.27. The molecule has 48 heavy (non-hydrogen) atoms. The van der Waals surface area contributed by atoms with Crippen molar-refractivity contribution >= 4 is 40.4 Å². The Morgan fingerprint density at radius 3 is 2.33 bits per heavy atom. The summed E-state index contributed by atoms with van der Waals surface area (Å²) < 4.78 is 0. The number of unbranched alkanes of at least 4 members (excludes halogenated alkanes) is 5. The van der Waals surface area contributed by atoms with E-state index in [1.165, 1.54) is 32.1 Å². The van der Waals surface area contributed by atoms with Gasteiger partial charge in [0.05, 0.1) is 6.04 Å². The average molecular weight is 673 g/mol. The smallest absolute Gasteiger partial charge is 0.326 e. The van der Waals surface area contributed by atoms with Gasteiger partial charge in [-0.1, -0.05) is 63.6 Å². The van der Waals surface area contributed by atoms with Crippen LogP contribution in [0.4, 0.5) is 0 Å². The molecule has 0 bridgehead atoms. The lowest BCUT2D eigenvalue weighted by Gasteiger charge is -2.20. The normalized spacial score (nSPS) is 13.8. The summed E-state index contributed by atoms with van der Waals surface area (Å²) in [5.41, 5.74) is 14.3. The molecule has 2 rings (SSSR count). The number of carboxylic acid groups (broad SMARTS) is 2. The van der Waals surface area contributed by atoms with Gasteiger partial charge in [0.25, 0.3) is 0 Å². The first-order chi connectivity index (χ1) is 23.0. The molecular formula is C35H56N6O7. The predicted octanol–water partition coefficient (Wildman–Crippen LogP) is 3.00. The quantitative estimate of drug-likeness (QED) is 0.0647. The van der Waals surface area contributed by atoms with Crippen LogP contribution in [-0.2, 0) is 30.4 Å². The monoisotopic (exact) mass is 672 g/mol. The third kappa shape index (κ3) is 15.9. The van der Waals surface area contributed by atoms with Crippen molar-refractivity contribution < 1.29 is 34.2 Å². The van der Waals surface area contributed by atoms with Crippen LogP contribution in [0.3, 0.4) is 0 Å². The molecule has 13 heteroatoms. The summed E-state index contributed by atoms with van der Waals surface area (Å²) in [6.45, 7) is 3.31. The van der Waals surface area contributed by atoms with Crippen LogP contribution in [0.5, 0.6) is 0 Å². The summed E-state index contributed by atoms with van der Waals surface area (Å²) in [5.74, 6) is -4.32. The van der Waals surface area contributed by atoms with E-state index >= 15 is 0 Å². The van der Waals surface area contributed by atoms with Crippen molar-refractivity contribution in [2.24, 2.45) is 17.4 Å². The lowest BCUT2D eigenvalue weighted by Crippen LogP contribution is -2.44. The Balaban J connectivity index is 1.91. The summed E-state index contributed by atoms with van der Waals surface area (Å²) in [7, 11) is 0. The second-order valence-electron chi connectivity index (χ2n) is 12.6. The van der Waals surface area contributed by atoms with Gasteiger partial charge >= 0.3 is 11.9 Å². The van der Waals surface area contributed by atoms with Gasteiger partial charge in [0.15, 0.2) is 0 Å². The van der Waals surface area contributed by atoms with Gasteiger partial charge in [-0.25, -0.2) is 4.79 Å². The number of hydrogen-bond donors (Lipinski definition) is 8. The van der Waals surface area contributed by atoms with E-state index in [4.69, 9.17) is 16.6 Å². The number of nitrogens with one attached hydrogen (secondary N) is 4. The first-order valence-corrected chi connectivity index (χ1v) is 17.3. The highest BCUT2D eigenvalue weighted by Gasteiger charge is 2.27. The van der Waals surface area contributed by atoms with E-state index in [1.54, 1.807) is 0 Å². The van der Waals surface area contributed by atoms with E-state index in [9.17, 15) is 29.1 Å². The molecule has 0 aliphatic heterocycles. The van der Waals surface area contributed by atoms with Gasteiger partial charge in [-0.15, -0.1) is 0 Å². The summed E-state index contributed by atoms with van der Waals surface area (Å²) in [5, 5.41) is 27.6. The lowest BCUT2D eigenvalue weighted by molar-refractivity contribution is -0.142. The van der Waals surface area contributed by atoms with Crippen LogP contribution in [0.25, 0.3) is 10.9 Å². The number of ketones is 1. The Hall–Kier alpha value is -3.81. The molecule has 0 aliphatic carbocycles. The van der Waals surface area contributed by atoms with Gasteiger partial charge < -0.3 is 42.6 Å². The number of amides is 2. The maximum Gasteiger partial charge on any atom is 0.326 e. The third-order valence-corrected chi connectivity index (χ3v) is 8.50. The number of benzene rings is 1. The third-order valence-electron chi connectivity index (χ3n) is 8.50.